The van der Waals surface area contributed by atoms with Crippen LogP contribution in [0.2, 0.25) is 5.02 Å². The lowest BCUT2D eigenvalue weighted by Gasteiger charge is -2.46. The van der Waals surface area contributed by atoms with Crippen molar-refractivity contribution in [1.82, 2.24) is 9.80 Å². The highest BCUT2D eigenvalue weighted by atomic mass is 35.5. The molecule has 1 aromatic rings. The van der Waals surface area contributed by atoms with E-state index in [0.717, 1.165) is 24.3 Å². The van der Waals surface area contributed by atoms with Gasteiger partial charge in [-0.2, -0.15) is 0 Å². The van der Waals surface area contributed by atoms with Crippen molar-refractivity contribution in [2.45, 2.75) is 63.8 Å². The third-order valence-electron chi connectivity index (χ3n) is 5.58. The second-order valence-electron chi connectivity index (χ2n) is 9.02. The lowest BCUT2D eigenvalue weighted by molar-refractivity contribution is -0.102. The molecule has 0 aromatic heterocycles. The lowest BCUT2D eigenvalue weighted by atomic mass is 9.96. The number of ether oxygens (including phenoxy) is 2. The summed E-state index contributed by atoms with van der Waals surface area (Å²) in [6.45, 7) is 8.39. The van der Waals surface area contributed by atoms with Crippen LogP contribution in [0.15, 0.2) is 24.3 Å². The van der Waals surface area contributed by atoms with Crippen LogP contribution in [-0.4, -0.2) is 77.6 Å². The van der Waals surface area contributed by atoms with E-state index in [-0.39, 0.29) is 24.8 Å². The molecule has 162 valence electrons. The summed E-state index contributed by atoms with van der Waals surface area (Å²) in [6.07, 6.45) is 2.29. The van der Waals surface area contributed by atoms with E-state index in [1.807, 2.05) is 32.9 Å². The number of morpholine rings is 1. The van der Waals surface area contributed by atoms with Gasteiger partial charge in [0.25, 0.3) is 0 Å². The minimum Gasteiger partial charge on any atom is -0.444 e. The number of rotatable bonds is 4. The number of hydrogen-bond donors (Lipinski definition) is 1. The second kappa shape index (κ2) is 9.65. The predicted octanol–water partition coefficient (Wildman–Crippen LogP) is 3.34. The largest absolute Gasteiger partial charge is 0.444 e. The Bertz CT molecular complexity index is 668. The predicted molar refractivity (Wildman–Crippen MR) is 113 cm³/mol. The zero-order valence-electron chi connectivity index (χ0n) is 17.6. The molecule has 29 heavy (non-hydrogen) atoms. The molecule has 3 rings (SSSR count). The van der Waals surface area contributed by atoms with Crippen LogP contribution in [0.5, 0.6) is 0 Å². The molecule has 2 saturated heterocycles. The van der Waals surface area contributed by atoms with Crippen LogP contribution >= 0.6 is 11.6 Å². The summed E-state index contributed by atoms with van der Waals surface area (Å²) in [5.41, 5.74) is 0.748. The SMILES string of the molecule is CC(C)(C)OC(=O)N1CCC(N2C[C@H](CO)OCC2Cc2ccc(Cl)cc2)CC1. The number of nitrogens with zero attached hydrogens (tertiary/aromatic N) is 2. The molecule has 1 amide bonds. The highest BCUT2D eigenvalue weighted by Crippen LogP contribution is 2.26. The maximum Gasteiger partial charge on any atom is 0.410 e. The summed E-state index contributed by atoms with van der Waals surface area (Å²) in [5.74, 6) is 0. The molecule has 1 N–H and O–H groups in total. The topological polar surface area (TPSA) is 62.2 Å². The molecule has 7 heteroatoms. The fourth-order valence-corrected chi connectivity index (χ4v) is 4.24. The summed E-state index contributed by atoms with van der Waals surface area (Å²) >= 11 is 6.02. The van der Waals surface area contributed by atoms with Gasteiger partial charge >= 0.3 is 6.09 Å². The van der Waals surface area contributed by atoms with Crippen LogP contribution in [0.3, 0.4) is 0 Å². The zero-order valence-corrected chi connectivity index (χ0v) is 18.4. The zero-order chi connectivity index (χ0) is 21.0. The monoisotopic (exact) mass is 424 g/mol. The van der Waals surface area contributed by atoms with E-state index < -0.39 is 5.60 Å². The van der Waals surface area contributed by atoms with Crippen LogP contribution in [0.4, 0.5) is 4.79 Å². The number of benzene rings is 1. The molecule has 2 atom stereocenters. The first-order valence-corrected chi connectivity index (χ1v) is 10.8. The third-order valence-corrected chi connectivity index (χ3v) is 5.83. The summed E-state index contributed by atoms with van der Waals surface area (Å²) in [5, 5.41) is 10.3. The standard InChI is InChI=1S/C22H33ClN2O4/c1-22(2,3)29-21(27)24-10-8-18(9-11-24)25-13-20(14-26)28-15-19(25)12-16-4-6-17(23)7-5-16/h4-7,18-20,26H,8-15H2,1-3H3/t19?,20-/m1/s1. The van der Waals surface area contributed by atoms with Crippen LogP contribution in [0.1, 0.15) is 39.2 Å². The summed E-state index contributed by atoms with van der Waals surface area (Å²) in [7, 11) is 0. The van der Waals surface area contributed by atoms with Gasteiger partial charge in [0.15, 0.2) is 0 Å². The van der Waals surface area contributed by atoms with Gasteiger partial charge in [0.1, 0.15) is 5.60 Å². The van der Waals surface area contributed by atoms with Gasteiger partial charge in [-0.05, 0) is 57.7 Å². The summed E-state index contributed by atoms with van der Waals surface area (Å²) in [4.78, 5) is 16.6. The molecular weight excluding hydrogens is 392 g/mol. The van der Waals surface area contributed by atoms with Crippen LogP contribution in [0.25, 0.3) is 0 Å². The van der Waals surface area contributed by atoms with E-state index in [1.165, 1.54) is 5.56 Å². The molecule has 0 bridgehead atoms. The van der Waals surface area contributed by atoms with Crippen LogP contribution < -0.4 is 0 Å². The van der Waals surface area contributed by atoms with Crippen molar-refractivity contribution in [3.05, 3.63) is 34.9 Å². The van der Waals surface area contributed by atoms with Gasteiger partial charge in [-0.1, -0.05) is 23.7 Å². The molecule has 0 aliphatic carbocycles. The number of carbonyl (C=O) groups is 1. The Balaban J connectivity index is 1.62. The van der Waals surface area contributed by atoms with E-state index in [9.17, 15) is 9.90 Å². The van der Waals surface area contributed by atoms with Crippen LogP contribution in [-0.2, 0) is 15.9 Å². The Morgan fingerprint density at radius 1 is 1.24 bits per heavy atom. The fourth-order valence-electron chi connectivity index (χ4n) is 4.11. The molecule has 0 saturated carbocycles. The minimum absolute atomic E-state index is 0.0287. The van der Waals surface area contributed by atoms with Gasteiger partial charge in [-0.25, -0.2) is 4.79 Å². The first-order chi connectivity index (χ1) is 13.7. The quantitative estimate of drug-likeness (QED) is 0.803. The molecular formula is C22H33ClN2O4. The van der Waals surface area contributed by atoms with Gasteiger partial charge in [0.05, 0.1) is 19.3 Å². The van der Waals surface area contributed by atoms with E-state index in [1.54, 1.807) is 4.90 Å². The lowest BCUT2D eigenvalue weighted by Crippen LogP contribution is -2.58. The average Bonchev–Trinajstić information content (AvgIpc) is 2.69. The smallest absolute Gasteiger partial charge is 0.410 e. The van der Waals surface area contributed by atoms with E-state index >= 15 is 0 Å². The van der Waals surface area contributed by atoms with Gasteiger partial charge in [0, 0.05) is 36.7 Å². The Labute approximate surface area is 178 Å². The van der Waals surface area contributed by atoms with Crippen LogP contribution in [0, 0.1) is 0 Å². The number of aliphatic hydroxyl groups is 1. The number of halogens is 1. The normalized spacial score (nSPS) is 24.5. The summed E-state index contributed by atoms with van der Waals surface area (Å²) < 4.78 is 11.4. The Kier molecular flexibility index (Phi) is 7.43. The maximum atomic E-state index is 12.4. The molecule has 2 heterocycles. The van der Waals surface area contributed by atoms with Crippen molar-refractivity contribution in [1.29, 1.82) is 0 Å². The maximum absolute atomic E-state index is 12.4. The second-order valence-corrected chi connectivity index (χ2v) is 9.45. The van der Waals surface area contributed by atoms with Gasteiger partial charge < -0.3 is 19.5 Å². The molecule has 2 fully saturated rings. The van der Waals surface area contributed by atoms with Crippen molar-refractivity contribution in [2.24, 2.45) is 0 Å². The van der Waals surface area contributed by atoms with Crippen molar-refractivity contribution >= 4 is 17.7 Å². The van der Waals surface area contributed by atoms with Gasteiger partial charge in [-0.3, -0.25) is 4.90 Å². The molecule has 1 unspecified atom stereocenters. The third kappa shape index (κ3) is 6.32. The molecule has 0 spiro atoms. The highest BCUT2D eigenvalue weighted by molar-refractivity contribution is 6.30. The Morgan fingerprint density at radius 2 is 1.90 bits per heavy atom. The van der Waals surface area contributed by atoms with Gasteiger partial charge in [-0.15, -0.1) is 0 Å². The van der Waals surface area contributed by atoms with Gasteiger partial charge in [0.2, 0.25) is 0 Å². The Hall–Kier alpha value is -1.34. The number of piperidine rings is 1. The molecule has 1 aromatic carbocycles. The number of carbonyl (C=O) groups excluding carboxylic acids is 1. The summed E-state index contributed by atoms with van der Waals surface area (Å²) in [6, 6.07) is 8.57. The van der Waals surface area contributed by atoms with E-state index in [2.05, 4.69) is 17.0 Å². The number of hydrogen-bond acceptors (Lipinski definition) is 5. The molecule has 2 aliphatic heterocycles. The Morgan fingerprint density at radius 3 is 2.48 bits per heavy atom. The number of likely N-dealkylation sites (tertiary alicyclic amines) is 1. The van der Waals surface area contributed by atoms with Crippen molar-refractivity contribution < 1.29 is 19.4 Å². The first-order valence-electron chi connectivity index (χ1n) is 10.5. The molecule has 0 radical (unpaired) electrons. The molecule has 2 aliphatic rings. The first kappa shape index (κ1) is 22.3. The highest BCUT2D eigenvalue weighted by Gasteiger charge is 2.36. The van der Waals surface area contributed by atoms with E-state index in [4.69, 9.17) is 21.1 Å². The average molecular weight is 425 g/mol. The van der Waals surface area contributed by atoms with Crippen molar-refractivity contribution in [3.8, 4) is 0 Å². The number of amides is 1. The van der Waals surface area contributed by atoms with E-state index in [0.29, 0.717) is 32.3 Å². The number of aliphatic hydroxyl groups excluding tert-OH is 1. The minimum atomic E-state index is -0.476. The van der Waals surface area contributed by atoms with Crippen molar-refractivity contribution in [3.63, 3.8) is 0 Å². The van der Waals surface area contributed by atoms with Crippen molar-refractivity contribution in [2.75, 3.05) is 32.8 Å². The molecule has 6 nitrogen and oxygen atoms in total. The fraction of sp³-hybridized carbons (Fsp3) is 0.682.